The average molecular weight is 173 g/mol. The Morgan fingerprint density at radius 2 is 2.25 bits per heavy atom. The highest BCUT2D eigenvalue weighted by Crippen LogP contribution is 2.32. The van der Waals surface area contributed by atoms with Crippen LogP contribution >= 0.6 is 0 Å². The smallest absolute Gasteiger partial charge is 0.233 e. The third kappa shape index (κ3) is 1.50. The highest BCUT2D eigenvalue weighted by molar-refractivity contribution is 5.34. The quantitative estimate of drug-likeness (QED) is 0.597. The minimum absolute atomic E-state index is 0.0419. The van der Waals surface area contributed by atoms with Gasteiger partial charge in [0.2, 0.25) is 0 Å². The zero-order valence-corrected chi connectivity index (χ0v) is 6.10. The van der Waals surface area contributed by atoms with E-state index in [-0.39, 0.29) is 5.57 Å². The molecule has 0 saturated carbocycles. The van der Waals surface area contributed by atoms with Crippen molar-refractivity contribution in [2.45, 2.75) is 18.5 Å². The molecular formula is C8H6F3N. The van der Waals surface area contributed by atoms with E-state index in [0.29, 0.717) is 0 Å². The van der Waals surface area contributed by atoms with E-state index in [1.54, 1.807) is 6.07 Å². The van der Waals surface area contributed by atoms with Crippen molar-refractivity contribution in [2.24, 2.45) is 0 Å². The lowest BCUT2D eigenvalue weighted by molar-refractivity contribution is -0.00142. The van der Waals surface area contributed by atoms with Gasteiger partial charge in [-0.25, -0.2) is 13.2 Å². The van der Waals surface area contributed by atoms with Gasteiger partial charge >= 0.3 is 0 Å². The van der Waals surface area contributed by atoms with E-state index in [4.69, 9.17) is 5.26 Å². The molecule has 0 aromatic heterocycles. The summed E-state index contributed by atoms with van der Waals surface area (Å²) in [6, 6.07) is 1.65. The molecule has 64 valence electrons. The summed E-state index contributed by atoms with van der Waals surface area (Å²) in [5, 5.41) is 8.34. The first-order valence-corrected chi connectivity index (χ1v) is 3.34. The van der Waals surface area contributed by atoms with Crippen LogP contribution in [0.5, 0.6) is 0 Å². The normalized spacial score (nSPS) is 28.4. The molecule has 1 nitrogen and oxygen atoms in total. The lowest BCUT2D eigenvalue weighted by Crippen LogP contribution is -2.31. The van der Waals surface area contributed by atoms with Gasteiger partial charge in [-0.2, -0.15) is 5.26 Å². The summed E-state index contributed by atoms with van der Waals surface area (Å²) < 4.78 is 37.2. The Morgan fingerprint density at radius 3 is 2.75 bits per heavy atom. The molecule has 12 heavy (non-hydrogen) atoms. The molecule has 1 atom stereocenters. The SMILES string of the molecule is N#CC1=CC=CC(F)(C(F)F)C1. The highest BCUT2D eigenvalue weighted by Gasteiger charge is 2.39. The van der Waals surface area contributed by atoms with Crippen LogP contribution < -0.4 is 0 Å². The van der Waals surface area contributed by atoms with Crippen LogP contribution in [-0.4, -0.2) is 12.1 Å². The number of nitriles is 1. The summed E-state index contributed by atoms with van der Waals surface area (Å²) in [6.07, 6.45) is -0.337. The highest BCUT2D eigenvalue weighted by atomic mass is 19.3. The van der Waals surface area contributed by atoms with Crippen LogP contribution in [0.3, 0.4) is 0 Å². The van der Waals surface area contributed by atoms with Gasteiger partial charge < -0.3 is 0 Å². The largest absolute Gasteiger partial charge is 0.276 e. The Hall–Kier alpha value is -1.24. The molecule has 0 aromatic rings. The van der Waals surface area contributed by atoms with Gasteiger partial charge in [0, 0.05) is 12.0 Å². The number of allylic oxidation sites excluding steroid dienone is 4. The van der Waals surface area contributed by atoms with Gasteiger partial charge in [0.15, 0.2) is 5.67 Å². The molecule has 0 amide bonds. The summed E-state index contributed by atoms with van der Waals surface area (Å²) in [5.41, 5.74) is -2.61. The molecule has 1 aliphatic carbocycles. The monoisotopic (exact) mass is 173 g/mol. The molecule has 0 fully saturated rings. The van der Waals surface area contributed by atoms with Crippen molar-refractivity contribution in [1.82, 2.24) is 0 Å². The summed E-state index contributed by atoms with van der Waals surface area (Å²) in [4.78, 5) is 0. The van der Waals surface area contributed by atoms with Crippen LogP contribution in [0.15, 0.2) is 23.8 Å². The molecule has 0 saturated heterocycles. The van der Waals surface area contributed by atoms with Gasteiger partial charge in [-0.3, -0.25) is 0 Å². The minimum Gasteiger partial charge on any atom is -0.233 e. The third-order valence-corrected chi connectivity index (χ3v) is 1.64. The van der Waals surface area contributed by atoms with Crippen molar-refractivity contribution >= 4 is 0 Å². The van der Waals surface area contributed by atoms with Gasteiger partial charge in [0.05, 0.1) is 6.07 Å². The van der Waals surface area contributed by atoms with Crippen molar-refractivity contribution in [3.8, 4) is 6.07 Å². The second-order valence-electron chi connectivity index (χ2n) is 2.57. The second-order valence-corrected chi connectivity index (χ2v) is 2.57. The Labute approximate surface area is 67.8 Å². The predicted octanol–water partition coefficient (Wildman–Crippen LogP) is 2.37. The fraction of sp³-hybridized carbons (Fsp3) is 0.375. The summed E-state index contributed by atoms with van der Waals surface area (Å²) >= 11 is 0. The van der Waals surface area contributed by atoms with E-state index in [1.165, 1.54) is 6.08 Å². The van der Waals surface area contributed by atoms with E-state index < -0.39 is 18.5 Å². The third-order valence-electron chi connectivity index (χ3n) is 1.64. The van der Waals surface area contributed by atoms with Crippen molar-refractivity contribution in [1.29, 1.82) is 5.26 Å². The maximum Gasteiger partial charge on any atom is 0.276 e. The van der Waals surface area contributed by atoms with E-state index >= 15 is 0 Å². The number of hydrogen-bond donors (Lipinski definition) is 0. The first-order valence-electron chi connectivity index (χ1n) is 3.34. The number of rotatable bonds is 1. The molecule has 0 bridgehead atoms. The van der Waals surface area contributed by atoms with Gasteiger partial charge in [-0.15, -0.1) is 0 Å². The van der Waals surface area contributed by atoms with Crippen molar-refractivity contribution < 1.29 is 13.2 Å². The fourth-order valence-electron chi connectivity index (χ4n) is 0.961. The van der Waals surface area contributed by atoms with Gasteiger partial charge in [-0.1, -0.05) is 6.08 Å². The standard InChI is InChI=1S/C8H6F3N/c9-7(10)8(11)3-1-2-6(4-8)5-12/h1-3,7H,4H2. The predicted molar refractivity (Wildman–Crippen MR) is 37.3 cm³/mol. The van der Waals surface area contributed by atoms with E-state index in [0.717, 1.165) is 12.2 Å². The maximum absolute atomic E-state index is 13.1. The first-order chi connectivity index (χ1) is 5.58. The Morgan fingerprint density at radius 1 is 1.58 bits per heavy atom. The molecule has 1 rings (SSSR count). The number of nitrogens with zero attached hydrogens (tertiary/aromatic N) is 1. The van der Waals surface area contributed by atoms with Crippen LogP contribution in [-0.2, 0) is 0 Å². The van der Waals surface area contributed by atoms with Crippen molar-refractivity contribution in [2.75, 3.05) is 0 Å². The zero-order chi connectivity index (χ0) is 9.19. The molecule has 4 heteroatoms. The summed E-state index contributed by atoms with van der Waals surface area (Å²) in [5.74, 6) is 0. The van der Waals surface area contributed by atoms with Crippen LogP contribution in [0.25, 0.3) is 0 Å². The molecule has 0 heterocycles. The van der Waals surface area contributed by atoms with Crippen LogP contribution in [0.2, 0.25) is 0 Å². The maximum atomic E-state index is 13.1. The summed E-state index contributed by atoms with van der Waals surface area (Å²) in [6.45, 7) is 0. The second kappa shape index (κ2) is 3.02. The molecule has 1 aliphatic rings. The average Bonchev–Trinajstić information content (AvgIpc) is 2.04. The number of alkyl halides is 3. The fourth-order valence-corrected chi connectivity index (χ4v) is 0.961. The Balaban J connectivity index is 2.84. The molecule has 1 unspecified atom stereocenters. The molecule has 0 radical (unpaired) electrons. The number of halogens is 3. The lowest BCUT2D eigenvalue weighted by atomic mass is 9.92. The Kier molecular flexibility index (Phi) is 2.22. The molecule has 0 aromatic carbocycles. The van der Waals surface area contributed by atoms with Crippen LogP contribution in [0.4, 0.5) is 13.2 Å². The molecular weight excluding hydrogens is 167 g/mol. The molecule has 0 aliphatic heterocycles. The molecule has 0 spiro atoms. The summed E-state index contributed by atoms with van der Waals surface area (Å²) in [7, 11) is 0. The van der Waals surface area contributed by atoms with Gasteiger partial charge in [-0.05, 0) is 12.2 Å². The van der Waals surface area contributed by atoms with Crippen LogP contribution in [0, 0.1) is 11.3 Å². The van der Waals surface area contributed by atoms with Crippen LogP contribution in [0.1, 0.15) is 6.42 Å². The molecule has 0 N–H and O–H groups in total. The topological polar surface area (TPSA) is 23.8 Å². The van der Waals surface area contributed by atoms with E-state index in [2.05, 4.69) is 0 Å². The van der Waals surface area contributed by atoms with Crippen molar-refractivity contribution in [3.05, 3.63) is 23.8 Å². The zero-order valence-electron chi connectivity index (χ0n) is 6.10. The van der Waals surface area contributed by atoms with Crippen molar-refractivity contribution in [3.63, 3.8) is 0 Å². The van der Waals surface area contributed by atoms with E-state index in [1.807, 2.05) is 0 Å². The lowest BCUT2D eigenvalue weighted by Gasteiger charge is -2.21. The minimum atomic E-state index is -3.08. The Bertz CT molecular complexity index is 275. The van der Waals surface area contributed by atoms with E-state index in [9.17, 15) is 13.2 Å². The number of hydrogen-bond acceptors (Lipinski definition) is 1. The first kappa shape index (κ1) is 8.85. The van der Waals surface area contributed by atoms with Gasteiger partial charge in [0.25, 0.3) is 6.43 Å². The van der Waals surface area contributed by atoms with Gasteiger partial charge in [0.1, 0.15) is 0 Å².